The van der Waals surface area contributed by atoms with E-state index in [1.807, 2.05) is 25.7 Å². The van der Waals surface area contributed by atoms with E-state index in [9.17, 15) is 13.2 Å². The van der Waals surface area contributed by atoms with Gasteiger partial charge in [0, 0.05) is 46.4 Å². The van der Waals surface area contributed by atoms with Crippen LogP contribution in [0.1, 0.15) is 19.4 Å². The maximum atomic E-state index is 13.0. The highest BCUT2D eigenvalue weighted by atomic mass is 32.2. The Kier molecular flexibility index (Phi) is 8.88. The minimum Gasteiger partial charge on any atom is -0.491 e. The third kappa shape index (κ3) is 6.15. The predicted molar refractivity (Wildman–Crippen MR) is 112 cm³/mol. The number of ether oxygens (including phenoxy) is 2. The normalized spacial score (nSPS) is 16.0. The molecule has 0 aliphatic carbocycles. The number of benzene rings is 1. The molecular weight excluding hydrogens is 394 g/mol. The van der Waals surface area contributed by atoms with Gasteiger partial charge in [0.25, 0.3) is 0 Å². The zero-order chi connectivity index (χ0) is 21.4. The van der Waals surface area contributed by atoms with Crippen molar-refractivity contribution in [3.8, 4) is 5.75 Å². The van der Waals surface area contributed by atoms with Gasteiger partial charge in [-0.2, -0.15) is 4.31 Å². The van der Waals surface area contributed by atoms with Gasteiger partial charge in [0.15, 0.2) is 0 Å². The van der Waals surface area contributed by atoms with Gasteiger partial charge in [0.2, 0.25) is 15.9 Å². The molecule has 0 radical (unpaired) electrons. The molecule has 1 aromatic carbocycles. The van der Waals surface area contributed by atoms with E-state index >= 15 is 0 Å². The molecule has 1 aliphatic rings. The lowest BCUT2D eigenvalue weighted by atomic mass is 10.2. The van der Waals surface area contributed by atoms with Crippen LogP contribution in [0.15, 0.2) is 23.1 Å². The van der Waals surface area contributed by atoms with E-state index in [2.05, 4.69) is 0 Å². The molecular formula is C20H33N3O5S. The summed E-state index contributed by atoms with van der Waals surface area (Å²) in [7, 11) is -1.97. The van der Waals surface area contributed by atoms with E-state index in [-0.39, 0.29) is 10.8 Å². The Morgan fingerprint density at radius 2 is 1.76 bits per heavy atom. The van der Waals surface area contributed by atoms with Crippen LogP contribution in [0, 0.1) is 6.92 Å². The molecule has 0 aromatic heterocycles. The van der Waals surface area contributed by atoms with E-state index in [0.29, 0.717) is 64.8 Å². The molecule has 0 atom stereocenters. The molecule has 1 aliphatic heterocycles. The van der Waals surface area contributed by atoms with Crippen molar-refractivity contribution in [1.82, 2.24) is 14.1 Å². The predicted octanol–water partition coefficient (Wildman–Crippen LogP) is 1.19. The molecule has 8 nitrogen and oxygen atoms in total. The van der Waals surface area contributed by atoms with E-state index < -0.39 is 10.0 Å². The van der Waals surface area contributed by atoms with Gasteiger partial charge < -0.3 is 14.4 Å². The van der Waals surface area contributed by atoms with Gasteiger partial charge in [0.05, 0.1) is 18.0 Å². The van der Waals surface area contributed by atoms with E-state index in [1.165, 1.54) is 4.31 Å². The molecule has 1 saturated heterocycles. The molecule has 0 bridgehead atoms. The van der Waals surface area contributed by atoms with E-state index in [1.54, 1.807) is 30.2 Å². The molecule has 1 amide bonds. The molecule has 164 valence electrons. The molecule has 1 fully saturated rings. The van der Waals surface area contributed by atoms with E-state index in [0.717, 1.165) is 5.56 Å². The Hall–Kier alpha value is -1.68. The van der Waals surface area contributed by atoms with Crippen LogP contribution in [-0.2, 0) is 19.6 Å². The SMILES string of the molecule is CCN(CC)C(=O)CN1CCN(S(=O)(=O)c2ccc(OCCOC)c(C)c2)CC1. The zero-order valence-corrected chi connectivity index (χ0v) is 18.7. The fraction of sp³-hybridized carbons (Fsp3) is 0.650. The number of amides is 1. The summed E-state index contributed by atoms with van der Waals surface area (Å²) in [5.41, 5.74) is 0.769. The van der Waals surface area contributed by atoms with Crippen molar-refractivity contribution >= 4 is 15.9 Å². The van der Waals surface area contributed by atoms with Crippen molar-refractivity contribution in [3.05, 3.63) is 23.8 Å². The first kappa shape index (κ1) is 23.6. The van der Waals surface area contributed by atoms with Crippen LogP contribution in [0.5, 0.6) is 5.75 Å². The molecule has 0 spiro atoms. The van der Waals surface area contributed by atoms with Crippen LogP contribution in [0.3, 0.4) is 0 Å². The molecule has 0 N–H and O–H groups in total. The molecule has 9 heteroatoms. The molecule has 1 aromatic rings. The fourth-order valence-corrected chi connectivity index (χ4v) is 4.83. The fourth-order valence-electron chi connectivity index (χ4n) is 3.32. The number of piperazine rings is 1. The van der Waals surface area contributed by atoms with Gasteiger partial charge in [-0.15, -0.1) is 0 Å². The lowest BCUT2D eigenvalue weighted by molar-refractivity contribution is -0.132. The van der Waals surface area contributed by atoms with Gasteiger partial charge in [-0.3, -0.25) is 9.69 Å². The number of carbonyl (C=O) groups is 1. The number of hydrogen-bond acceptors (Lipinski definition) is 6. The minimum absolute atomic E-state index is 0.0889. The van der Waals surface area contributed by atoms with Crippen molar-refractivity contribution in [2.24, 2.45) is 0 Å². The van der Waals surface area contributed by atoms with Crippen molar-refractivity contribution < 1.29 is 22.7 Å². The largest absolute Gasteiger partial charge is 0.491 e. The van der Waals surface area contributed by atoms with Crippen LogP contribution in [0.25, 0.3) is 0 Å². The summed E-state index contributed by atoms with van der Waals surface area (Å²) in [6.07, 6.45) is 0. The Balaban J connectivity index is 1.97. The van der Waals surface area contributed by atoms with Crippen molar-refractivity contribution in [3.63, 3.8) is 0 Å². The third-order valence-corrected chi connectivity index (χ3v) is 7.03. The van der Waals surface area contributed by atoms with Crippen LogP contribution in [0.4, 0.5) is 0 Å². The number of aryl methyl sites for hydroxylation is 1. The summed E-state index contributed by atoms with van der Waals surface area (Å²) >= 11 is 0. The molecule has 29 heavy (non-hydrogen) atoms. The Bertz CT molecular complexity index is 772. The minimum atomic E-state index is -3.57. The number of nitrogens with zero attached hydrogens (tertiary/aromatic N) is 3. The first-order valence-corrected chi connectivity index (χ1v) is 11.5. The monoisotopic (exact) mass is 427 g/mol. The van der Waals surface area contributed by atoms with Crippen LogP contribution < -0.4 is 4.74 Å². The van der Waals surface area contributed by atoms with Gasteiger partial charge >= 0.3 is 0 Å². The average Bonchev–Trinajstić information content (AvgIpc) is 2.70. The van der Waals surface area contributed by atoms with Crippen LogP contribution in [0.2, 0.25) is 0 Å². The lowest BCUT2D eigenvalue weighted by Crippen LogP contribution is -2.51. The second kappa shape index (κ2) is 10.9. The summed E-state index contributed by atoms with van der Waals surface area (Å²) in [5.74, 6) is 0.742. The Morgan fingerprint density at radius 3 is 2.31 bits per heavy atom. The first-order chi connectivity index (χ1) is 13.8. The topological polar surface area (TPSA) is 79.4 Å². The number of methoxy groups -OCH3 is 1. The van der Waals surface area contributed by atoms with Crippen molar-refractivity contribution in [1.29, 1.82) is 0 Å². The number of carbonyl (C=O) groups excluding carboxylic acids is 1. The average molecular weight is 428 g/mol. The van der Waals surface area contributed by atoms with E-state index in [4.69, 9.17) is 9.47 Å². The molecule has 0 unspecified atom stereocenters. The smallest absolute Gasteiger partial charge is 0.243 e. The third-order valence-electron chi connectivity index (χ3n) is 5.14. The Labute approximate surface area is 174 Å². The number of likely N-dealkylation sites (N-methyl/N-ethyl adjacent to an activating group) is 1. The van der Waals surface area contributed by atoms with Crippen LogP contribution >= 0.6 is 0 Å². The molecule has 0 saturated carbocycles. The lowest BCUT2D eigenvalue weighted by Gasteiger charge is -2.34. The highest BCUT2D eigenvalue weighted by Crippen LogP contribution is 2.24. The maximum absolute atomic E-state index is 13.0. The standard InChI is InChI=1S/C20H33N3O5S/c1-5-22(6-2)20(24)16-21-9-11-23(12-10-21)29(25,26)18-7-8-19(17(3)15-18)28-14-13-27-4/h7-8,15H,5-6,9-14,16H2,1-4H3. The summed E-state index contributed by atoms with van der Waals surface area (Å²) < 4.78 is 38.1. The summed E-state index contributed by atoms with van der Waals surface area (Å²) in [6, 6.07) is 4.92. The summed E-state index contributed by atoms with van der Waals surface area (Å²) in [4.78, 5) is 16.3. The van der Waals surface area contributed by atoms with Crippen LogP contribution in [-0.4, -0.2) is 94.6 Å². The maximum Gasteiger partial charge on any atom is 0.243 e. The Morgan fingerprint density at radius 1 is 1.10 bits per heavy atom. The molecule has 1 heterocycles. The summed E-state index contributed by atoms with van der Waals surface area (Å²) in [6.45, 7) is 10.2. The van der Waals surface area contributed by atoms with Gasteiger partial charge in [-0.1, -0.05) is 0 Å². The summed E-state index contributed by atoms with van der Waals surface area (Å²) in [5, 5.41) is 0. The van der Waals surface area contributed by atoms with Gasteiger partial charge in [0.1, 0.15) is 12.4 Å². The zero-order valence-electron chi connectivity index (χ0n) is 17.9. The van der Waals surface area contributed by atoms with Gasteiger partial charge in [-0.25, -0.2) is 8.42 Å². The number of hydrogen-bond donors (Lipinski definition) is 0. The number of rotatable bonds is 10. The van der Waals surface area contributed by atoms with Crippen molar-refractivity contribution in [2.75, 3.05) is 66.1 Å². The second-order valence-corrected chi connectivity index (χ2v) is 8.95. The second-order valence-electron chi connectivity index (χ2n) is 7.01. The number of sulfonamides is 1. The quantitative estimate of drug-likeness (QED) is 0.522. The van der Waals surface area contributed by atoms with Crippen molar-refractivity contribution in [2.45, 2.75) is 25.7 Å². The molecule has 2 rings (SSSR count). The highest BCUT2D eigenvalue weighted by molar-refractivity contribution is 7.89. The highest BCUT2D eigenvalue weighted by Gasteiger charge is 2.29. The van der Waals surface area contributed by atoms with Gasteiger partial charge in [-0.05, 0) is 44.5 Å². The first-order valence-electron chi connectivity index (χ1n) is 10.1.